The summed E-state index contributed by atoms with van der Waals surface area (Å²) < 4.78 is 0. The van der Waals surface area contributed by atoms with Gasteiger partial charge >= 0.3 is 0 Å². The highest BCUT2D eigenvalue weighted by molar-refractivity contribution is 6.00. The van der Waals surface area contributed by atoms with E-state index in [-0.39, 0.29) is 23.7 Å². The summed E-state index contributed by atoms with van der Waals surface area (Å²) in [5, 5.41) is 2.90. The molecule has 0 aromatic heterocycles. The molecule has 2 rings (SSSR count). The van der Waals surface area contributed by atoms with Crippen LogP contribution in [-0.4, -0.2) is 25.4 Å². The number of hydrogen-bond donors (Lipinski definition) is 1. The fourth-order valence-corrected chi connectivity index (χ4v) is 2.30. The number of amides is 2. The van der Waals surface area contributed by atoms with Crippen LogP contribution < -0.4 is 10.2 Å². The van der Waals surface area contributed by atoms with Crippen molar-refractivity contribution >= 4 is 17.5 Å². The molecule has 2 atom stereocenters. The minimum Gasteiger partial charge on any atom is -0.356 e. The molecule has 0 saturated heterocycles. The van der Waals surface area contributed by atoms with Crippen LogP contribution in [0.3, 0.4) is 0 Å². The molecule has 2 amide bonds. The average molecular weight is 274 g/mol. The maximum atomic E-state index is 12.3. The van der Waals surface area contributed by atoms with Crippen molar-refractivity contribution in [2.75, 3.05) is 18.5 Å². The molecule has 1 aromatic rings. The second-order valence-corrected chi connectivity index (χ2v) is 5.33. The summed E-state index contributed by atoms with van der Waals surface area (Å²) in [6.45, 7) is 2.80. The lowest BCUT2D eigenvalue weighted by molar-refractivity contribution is -0.125. The lowest BCUT2D eigenvalue weighted by Gasteiger charge is -2.17. The Morgan fingerprint density at radius 2 is 1.95 bits per heavy atom. The number of unbranched alkanes of at least 4 members (excludes halogenated alkanes) is 1. The third-order valence-corrected chi connectivity index (χ3v) is 3.75. The summed E-state index contributed by atoms with van der Waals surface area (Å²) in [6, 6.07) is 9.53. The topological polar surface area (TPSA) is 49.4 Å². The van der Waals surface area contributed by atoms with Crippen molar-refractivity contribution in [1.82, 2.24) is 5.32 Å². The summed E-state index contributed by atoms with van der Waals surface area (Å²) in [6.07, 6.45) is 2.72. The van der Waals surface area contributed by atoms with Crippen molar-refractivity contribution in [2.24, 2.45) is 11.8 Å². The number of hydrogen-bond acceptors (Lipinski definition) is 2. The molecule has 0 aliphatic heterocycles. The van der Waals surface area contributed by atoms with Crippen molar-refractivity contribution in [3.8, 4) is 0 Å². The van der Waals surface area contributed by atoms with E-state index < -0.39 is 0 Å². The van der Waals surface area contributed by atoms with Crippen LogP contribution in [0.25, 0.3) is 0 Å². The van der Waals surface area contributed by atoms with Crippen molar-refractivity contribution in [3.05, 3.63) is 30.3 Å². The van der Waals surface area contributed by atoms with Crippen LogP contribution in [0.2, 0.25) is 0 Å². The van der Waals surface area contributed by atoms with Crippen LogP contribution in [0.15, 0.2) is 30.3 Å². The van der Waals surface area contributed by atoms with Gasteiger partial charge in [0, 0.05) is 19.3 Å². The van der Waals surface area contributed by atoms with E-state index in [0.717, 1.165) is 18.5 Å². The number of para-hydroxylation sites is 1. The van der Waals surface area contributed by atoms with Gasteiger partial charge in [-0.15, -0.1) is 0 Å². The van der Waals surface area contributed by atoms with Gasteiger partial charge in [0.15, 0.2) is 0 Å². The van der Waals surface area contributed by atoms with E-state index in [1.165, 1.54) is 0 Å². The number of nitrogens with one attached hydrogen (secondary N) is 1. The fourth-order valence-electron chi connectivity index (χ4n) is 2.30. The zero-order valence-electron chi connectivity index (χ0n) is 12.1. The number of benzene rings is 1. The van der Waals surface area contributed by atoms with Crippen LogP contribution in [0.1, 0.15) is 26.2 Å². The molecule has 1 aromatic carbocycles. The predicted octanol–water partition coefficient (Wildman–Crippen LogP) is 2.20. The van der Waals surface area contributed by atoms with Crippen molar-refractivity contribution < 1.29 is 9.59 Å². The molecular weight excluding hydrogens is 252 g/mol. The Morgan fingerprint density at radius 3 is 2.60 bits per heavy atom. The first-order valence-electron chi connectivity index (χ1n) is 7.25. The number of carbonyl (C=O) groups excluding carboxylic acids is 2. The van der Waals surface area contributed by atoms with Gasteiger partial charge in [-0.1, -0.05) is 31.5 Å². The largest absolute Gasteiger partial charge is 0.356 e. The minimum atomic E-state index is -0.151. The Kier molecular flexibility index (Phi) is 4.77. The van der Waals surface area contributed by atoms with Gasteiger partial charge in [-0.3, -0.25) is 9.59 Å². The van der Waals surface area contributed by atoms with Crippen LogP contribution in [0.4, 0.5) is 5.69 Å². The Morgan fingerprint density at radius 1 is 1.25 bits per heavy atom. The van der Waals surface area contributed by atoms with Crippen LogP contribution in [0, 0.1) is 11.8 Å². The summed E-state index contributed by atoms with van der Waals surface area (Å²) in [4.78, 5) is 25.8. The molecule has 1 aliphatic rings. The molecule has 4 nitrogen and oxygen atoms in total. The molecule has 20 heavy (non-hydrogen) atoms. The number of carbonyl (C=O) groups is 2. The number of nitrogens with zero attached hydrogens (tertiary/aromatic N) is 1. The quantitative estimate of drug-likeness (QED) is 0.808. The van der Waals surface area contributed by atoms with E-state index in [2.05, 4.69) is 12.2 Å². The zero-order valence-corrected chi connectivity index (χ0v) is 12.1. The molecule has 0 heterocycles. The Bertz CT molecular complexity index is 473. The van der Waals surface area contributed by atoms with E-state index in [1.54, 1.807) is 11.9 Å². The monoisotopic (exact) mass is 274 g/mol. The predicted molar refractivity (Wildman–Crippen MR) is 79.4 cm³/mol. The lowest BCUT2D eigenvalue weighted by Crippen LogP contribution is -2.31. The summed E-state index contributed by atoms with van der Waals surface area (Å²) in [5.74, 6) is -0.225. The maximum Gasteiger partial charge on any atom is 0.230 e. The molecule has 1 aliphatic carbocycles. The van der Waals surface area contributed by atoms with E-state index in [1.807, 2.05) is 30.3 Å². The first kappa shape index (κ1) is 14.6. The van der Waals surface area contributed by atoms with Gasteiger partial charge in [0.05, 0.1) is 11.8 Å². The van der Waals surface area contributed by atoms with E-state index >= 15 is 0 Å². The third kappa shape index (κ3) is 3.38. The van der Waals surface area contributed by atoms with Crippen molar-refractivity contribution in [3.63, 3.8) is 0 Å². The molecule has 4 heteroatoms. The van der Waals surface area contributed by atoms with Crippen molar-refractivity contribution in [2.45, 2.75) is 26.2 Å². The summed E-state index contributed by atoms with van der Waals surface area (Å²) in [7, 11) is 1.77. The SMILES string of the molecule is CCCCNC(=O)C1CC1C(=O)N(C)c1ccccc1. The number of rotatable bonds is 6. The third-order valence-electron chi connectivity index (χ3n) is 3.75. The van der Waals surface area contributed by atoms with E-state index in [0.29, 0.717) is 13.0 Å². The summed E-state index contributed by atoms with van der Waals surface area (Å²) in [5.41, 5.74) is 0.870. The van der Waals surface area contributed by atoms with Crippen LogP contribution >= 0.6 is 0 Å². The van der Waals surface area contributed by atoms with Gasteiger partial charge in [0.1, 0.15) is 0 Å². The Hall–Kier alpha value is -1.84. The molecule has 1 saturated carbocycles. The molecular formula is C16H22N2O2. The highest BCUT2D eigenvalue weighted by Gasteiger charge is 2.49. The van der Waals surface area contributed by atoms with Gasteiger partial charge in [-0.25, -0.2) is 0 Å². The van der Waals surface area contributed by atoms with Crippen LogP contribution in [-0.2, 0) is 9.59 Å². The molecule has 0 bridgehead atoms. The lowest BCUT2D eigenvalue weighted by atomic mass is 10.2. The van der Waals surface area contributed by atoms with Crippen LogP contribution in [0.5, 0.6) is 0 Å². The standard InChI is InChI=1S/C16H22N2O2/c1-3-4-10-17-15(19)13-11-14(13)16(20)18(2)12-8-6-5-7-9-12/h5-9,13-14H,3-4,10-11H2,1-2H3,(H,17,19). The normalized spacial score (nSPS) is 20.3. The van der Waals surface area contributed by atoms with Gasteiger partial charge in [0.2, 0.25) is 11.8 Å². The maximum absolute atomic E-state index is 12.3. The highest BCUT2D eigenvalue weighted by atomic mass is 16.2. The fraction of sp³-hybridized carbons (Fsp3) is 0.500. The molecule has 2 unspecified atom stereocenters. The molecule has 108 valence electrons. The molecule has 1 N–H and O–H groups in total. The second kappa shape index (κ2) is 6.55. The molecule has 0 radical (unpaired) electrons. The van der Waals surface area contributed by atoms with Crippen molar-refractivity contribution in [1.29, 1.82) is 0 Å². The minimum absolute atomic E-state index is 0.0262. The second-order valence-electron chi connectivity index (χ2n) is 5.33. The van der Waals surface area contributed by atoms with Gasteiger partial charge < -0.3 is 10.2 Å². The van der Waals surface area contributed by atoms with E-state index in [4.69, 9.17) is 0 Å². The smallest absolute Gasteiger partial charge is 0.230 e. The molecule has 0 spiro atoms. The first-order valence-corrected chi connectivity index (χ1v) is 7.25. The Labute approximate surface area is 120 Å². The van der Waals surface area contributed by atoms with Gasteiger partial charge in [-0.2, -0.15) is 0 Å². The average Bonchev–Trinajstić information content (AvgIpc) is 3.27. The Balaban J connectivity index is 1.85. The van der Waals surface area contributed by atoms with Gasteiger partial charge in [-0.05, 0) is 25.0 Å². The van der Waals surface area contributed by atoms with Gasteiger partial charge in [0.25, 0.3) is 0 Å². The summed E-state index contributed by atoms with van der Waals surface area (Å²) >= 11 is 0. The highest BCUT2D eigenvalue weighted by Crippen LogP contribution is 2.40. The molecule has 1 fully saturated rings. The first-order chi connectivity index (χ1) is 9.65. The number of anilines is 1. The van der Waals surface area contributed by atoms with E-state index in [9.17, 15) is 9.59 Å². The zero-order chi connectivity index (χ0) is 14.5.